The van der Waals surface area contributed by atoms with E-state index in [0.717, 1.165) is 58.5 Å². The maximum atomic E-state index is 13.5. The summed E-state index contributed by atoms with van der Waals surface area (Å²) in [6.45, 7) is 6.47. The van der Waals surface area contributed by atoms with Gasteiger partial charge in [0.15, 0.2) is 0 Å². The molecule has 0 unspecified atom stereocenters. The van der Waals surface area contributed by atoms with Crippen LogP contribution in [0.5, 0.6) is 0 Å². The minimum atomic E-state index is -1.14. The van der Waals surface area contributed by atoms with Crippen LogP contribution in [0.1, 0.15) is 81.3 Å². The zero-order chi connectivity index (χ0) is 38.4. The Morgan fingerprint density at radius 1 is 0.944 bits per heavy atom. The van der Waals surface area contributed by atoms with Crippen LogP contribution in [0.25, 0.3) is 22.3 Å². The van der Waals surface area contributed by atoms with Gasteiger partial charge >= 0.3 is 6.09 Å². The molecule has 4 N–H and O–H groups in total. The highest BCUT2D eigenvalue weighted by atomic mass is 17.2. The Labute approximate surface area is 313 Å². The first-order valence-electron chi connectivity index (χ1n) is 18.1. The van der Waals surface area contributed by atoms with Gasteiger partial charge in [0.2, 0.25) is 18.2 Å². The van der Waals surface area contributed by atoms with Crippen LogP contribution in [0.2, 0.25) is 0 Å². The van der Waals surface area contributed by atoms with E-state index in [9.17, 15) is 19.5 Å². The SMILES string of the molecule is COOC=N[C@H](C(=O)N1CCC[C@H]1c1ncc(-c2ccc(C#Cc3ccc4nc([C@@H]5CCCN5C(=O)[C@@H](NC(=O)OC)[C@H](C)O)[nH]c4c3)cc2)[nH]1)C(C)C. The van der Waals surface area contributed by atoms with Gasteiger partial charge in [-0.3, -0.25) is 9.59 Å². The quantitative estimate of drug-likeness (QED) is 0.0568. The predicted molar refractivity (Wildman–Crippen MR) is 200 cm³/mol. The molecule has 2 saturated heterocycles. The van der Waals surface area contributed by atoms with Gasteiger partial charge in [0.25, 0.3) is 0 Å². The molecule has 2 aromatic carbocycles. The highest BCUT2D eigenvalue weighted by molar-refractivity contribution is 5.87. The van der Waals surface area contributed by atoms with Crippen molar-refractivity contribution >= 4 is 35.3 Å². The summed E-state index contributed by atoms with van der Waals surface area (Å²) in [4.78, 5) is 72.1. The average Bonchev–Trinajstić information content (AvgIpc) is 4.00. The van der Waals surface area contributed by atoms with Crippen molar-refractivity contribution in [3.63, 3.8) is 0 Å². The van der Waals surface area contributed by atoms with Gasteiger partial charge in [-0.05, 0) is 74.4 Å². The van der Waals surface area contributed by atoms with Gasteiger partial charge in [-0.25, -0.2) is 19.8 Å². The van der Waals surface area contributed by atoms with Gasteiger partial charge in [0, 0.05) is 24.2 Å². The predicted octanol–water partition coefficient (Wildman–Crippen LogP) is 4.42. The summed E-state index contributed by atoms with van der Waals surface area (Å²) in [6, 6.07) is 11.4. The van der Waals surface area contributed by atoms with Gasteiger partial charge in [-0.1, -0.05) is 37.8 Å². The number of imidazole rings is 2. The maximum absolute atomic E-state index is 13.5. The number of hydrogen-bond acceptors (Lipinski definition) is 10. The number of carbonyl (C=O) groups is 3. The molecule has 4 aromatic rings. The molecule has 5 atom stereocenters. The van der Waals surface area contributed by atoms with E-state index < -0.39 is 30.2 Å². The minimum Gasteiger partial charge on any atom is -0.453 e. The molecule has 54 heavy (non-hydrogen) atoms. The number of aliphatic hydroxyl groups excluding tert-OH is 1. The lowest BCUT2D eigenvalue weighted by Crippen LogP contribution is -2.53. The van der Waals surface area contributed by atoms with E-state index in [1.807, 2.05) is 61.2 Å². The Bertz CT molecular complexity index is 2040. The lowest BCUT2D eigenvalue weighted by atomic mass is 10.0. The van der Waals surface area contributed by atoms with Crippen molar-refractivity contribution in [2.24, 2.45) is 10.9 Å². The van der Waals surface area contributed by atoms with Gasteiger partial charge in [-0.15, -0.1) is 0 Å². The Kier molecular flexibility index (Phi) is 11.9. The van der Waals surface area contributed by atoms with Crippen molar-refractivity contribution < 1.29 is 34.0 Å². The largest absolute Gasteiger partial charge is 0.453 e. The molecule has 4 heterocycles. The normalized spacial score (nSPS) is 18.8. The molecule has 15 nitrogen and oxygen atoms in total. The van der Waals surface area contributed by atoms with Gasteiger partial charge < -0.3 is 39.8 Å². The Hall–Kier alpha value is -5.72. The average molecular weight is 739 g/mol. The summed E-state index contributed by atoms with van der Waals surface area (Å²) in [5.41, 5.74) is 4.96. The zero-order valence-electron chi connectivity index (χ0n) is 31.0. The number of H-pyrrole nitrogens is 2. The lowest BCUT2D eigenvalue weighted by molar-refractivity contribution is -0.188. The number of amides is 3. The second-order valence-corrected chi connectivity index (χ2v) is 13.8. The molecule has 284 valence electrons. The van der Waals surface area contributed by atoms with E-state index in [2.05, 4.69) is 46.7 Å². The third-order valence-corrected chi connectivity index (χ3v) is 9.80. The molecule has 3 amide bonds. The minimum absolute atomic E-state index is 0.0203. The van der Waals surface area contributed by atoms with E-state index in [1.165, 1.54) is 27.5 Å². The standard InChI is InChI=1S/C39H46N8O7/c1-23(2)33(41-22-54-53-5)37(49)46-18-6-8-31(46)35-40-21-30(44-35)27-15-12-25(13-16-27)10-11-26-14-17-28-29(20-26)43-36(42-28)32-9-7-19-47(32)38(50)34(24(3)48)45-39(51)52-4/h12-17,20-24,31-34,48H,6-9,18-19H2,1-5H3,(H,40,44)(H,42,43)(H,45,51)/t24-,31-,32-,33-,34-/m0/s1. The number of aliphatic hydroxyl groups is 1. The Balaban J connectivity index is 1.12. The van der Waals surface area contributed by atoms with Gasteiger partial charge in [-0.2, -0.15) is 4.89 Å². The molecule has 0 aliphatic carbocycles. The third-order valence-electron chi connectivity index (χ3n) is 9.80. The number of benzene rings is 2. The number of rotatable bonds is 11. The topological polar surface area (TPSA) is 187 Å². The molecule has 0 saturated carbocycles. The van der Waals surface area contributed by atoms with Crippen LogP contribution in [-0.4, -0.2) is 105 Å². The van der Waals surface area contributed by atoms with Crippen molar-refractivity contribution in [2.75, 3.05) is 27.3 Å². The lowest BCUT2D eigenvalue weighted by Gasteiger charge is -2.29. The molecule has 2 aliphatic heterocycles. The van der Waals surface area contributed by atoms with Crippen LogP contribution < -0.4 is 5.32 Å². The summed E-state index contributed by atoms with van der Waals surface area (Å²) < 4.78 is 4.64. The van der Waals surface area contributed by atoms with Crippen LogP contribution in [0.4, 0.5) is 4.79 Å². The summed E-state index contributed by atoms with van der Waals surface area (Å²) in [5.74, 6) is 7.36. The van der Waals surface area contributed by atoms with Crippen molar-refractivity contribution in [1.29, 1.82) is 0 Å². The fraction of sp³-hybridized carbons (Fsp3) is 0.436. The highest BCUT2D eigenvalue weighted by Gasteiger charge is 2.39. The monoisotopic (exact) mass is 738 g/mol. The smallest absolute Gasteiger partial charge is 0.407 e. The Morgan fingerprint density at radius 3 is 2.28 bits per heavy atom. The number of nitrogens with zero attached hydrogens (tertiary/aromatic N) is 5. The number of aromatic amines is 2. The number of nitrogens with one attached hydrogen (secondary N) is 3. The second-order valence-electron chi connectivity index (χ2n) is 13.8. The van der Waals surface area contributed by atoms with E-state index >= 15 is 0 Å². The van der Waals surface area contributed by atoms with Crippen LogP contribution in [-0.2, 0) is 24.1 Å². The van der Waals surface area contributed by atoms with Crippen molar-refractivity contribution in [1.82, 2.24) is 35.1 Å². The van der Waals surface area contributed by atoms with E-state index in [1.54, 1.807) is 11.1 Å². The molecular weight excluding hydrogens is 692 g/mol. The third kappa shape index (κ3) is 8.40. The number of likely N-dealkylation sites (tertiary alicyclic amines) is 2. The zero-order valence-corrected chi connectivity index (χ0v) is 31.0. The van der Waals surface area contributed by atoms with Gasteiger partial charge in [0.05, 0.1) is 55.3 Å². The number of aliphatic imine (C=N–C) groups is 1. The number of carbonyl (C=O) groups excluding carboxylic acids is 3. The number of hydrogen-bond donors (Lipinski definition) is 4. The number of ether oxygens (including phenoxy) is 1. The summed E-state index contributed by atoms with van der Waals surface area (Å²) in [5, 5.41) is 12.7. The fourth-order valence-corrected chi connectivity index (χ4v) is 7.00. The van der Waals surface area contributed by atoms with E-state index in [-0.39, 0.29) is 23.9 Å². The van der Waals surface area contributed by atoms with Crippen molar-refractivity contribution in [3.8, 4) is 23.1 Å². The first kappa shape index (κ1) is 38.0. The second kappa shape index (κ2) is 17.0. The summed E-state index contributed by atoms with van der Waals surface area (Å²) in [7, 11) is 2.59. The fourth-order valence-electron chi connectivity index (χ4n) is 7.00. The van der Waals surface area contributed by atoms with Crippen LogP contribution in [0.3, 0.4) is 0 Å². The number of fused-ring (bicyclic) bond motifs is 1. The van der Waals surface area contributed by atoms with E-state index in [4.69, 9.17) is 9.87 Å². The molecule has 2 aromatic heterocycles. The molecule has 6 rings (SSSR count). The first-order valence-corrected chi connectivity index (χ1v) is 18.1. The van der Waals surface area contributed by atoms with E-state index in [0.29, 0.717) is 25.3 Å². The van der Waals surface area contributed by atoms with Crippen molar-refractivity contribution in [2.45, 2.75) is 76.7 Å². The molecule has 2 aliphatic rings. The summed E-state index contributed by atoms with van der Waals surface area (Å²) in [6.07, 6.45) is 4.20. The number of alkyl carbamates (subject to hydrolysis) is 1. The molecular formula is C39H46N8O7. The highest BCUT2D eigenvalue weighted by Crippen LogP contribution is 2.34. The van der Waals surface area contributed by atoms with Crippen LogP contribution >= 0.6 is 0 Å². The molecule has 0 spiro atoms. The molecule has 2 fully saturated rings. The molecule has 0 radical (unpaired) electrons. The first-order chi connectivity index (χ1) is 26.1. The molecule has 15 heteroatoms. The summed E-state index contributed by atoms with van der Waals surface area (Å²) >= 11 is 0. The number of methoxy groups -OCH3 is 1. The van der Waals surface area contributed by atoms with Crippen molar-refractivity contribution in [3.05, 3.63) is 71.4 Å². The maximum Gasteiger partial charge on any atom is 0.407 e. The number of aromatic nitrogens is 4. The molecule has 0 bridgehead atoms. The van der Waals surface area contributed by atoms with Crippen LogP contribution in [0, 0.1) is 17.8 Å². The van der Waals surface area contributed by atoms with Gasteiger partial charge in [0.1, 0.15) is 23.7 Å². The Morgan fingerprint density at radius 2 is 1.61 bits per heavy atom. The van der Waals surface area contributed by atoms with Crippen LogP contribution in [0.15, 0.2) is 53.7 Å².